The lowest BCUT2D eigenvalue weighted by molar-refractivity contribution is -0.127. The number of hydrogen-bond acceptors (Lipinski definition) is 3. The van der Waals surface area contributed by atoms with Gasteiger partial charge in [-0.1, -0.05) is 33.1 Å². The molecule has 0 saturated carbocycles. The number of nitrogens with two attached hydrogens (primary N) is 1. The molecule has 0 aliphatic carbocycles. The highest BCUT2D eigenvalue weighted by Crippen LogP contribution is 2.17. The topological polar surface area (TPSA) is 60.2 Å². The summed E-state index contributed by atoms with van der Waals surface area (Å²) in [4.78, 5) is 22.4. The van der Waals surface area contributed by atoms with Crippen molar-refractivity contribution in [1.82, 2.24) is 0 Å². The van der Waals surface area contributed by atoms with E-state index in [1.165, 1.54) is 6.92 Å². The molecular formula is C12H23NO2. The third-order valence-corrected chi connectivity index (χ3v) is 2.76. The van der Waals surface area contributed by atoms with E-state index in [2.05, 4.69) is 6.92 Å². The number of Topliss-reactive ketones (excluding diaryl/α,β-unsaturated/α-hetero) is 2. The summed E-state index contributed by atoms with van der Waals surface area (Å²) in [6.07, 6.45) is 4.09. The first-order valence-electron chi connectivity index (χ1n) is 5.80. The van der Waals surface area contributed by atoms with Crippen LogP contribution in [0.25, 0.3) is 0 Å². The van der Waals surface area contributed by atoms with E-state index in [9.17, 15) is 9.59 Å². The minimum atomic E-state index is -0.453. The monoisotopic (exact) mass is 213 g/mol. The molecule has 88 valence electrons. The van der Waals surface area contributed by atoms with Gasteiger partial charge in [0.05, 0.1) is 12.5 Å². The van der Waals surface area contributed by atoms with Crippen molar-refractivity contribution >= 4 is 11.6 Å². The second-order valence-electron chi connectivity index (χ2n) is 4.18. The predicted molar refractivity (Wildman–Crippen MR) is 61.6 cm³/mol. The van der Waals surface area contributed by atoms with Gasteiger partial charge in [-0.2, -0.15) is 0 Å². The third-order valence-electron chi connectivity index (χ3n) is 2.76. The number of hydrogen-bond donors (Lipinski definition) is 1. The maximum absolute atomic E-state index is 11.6. The molecule has 0 saturated heterocycles. The van der Waals surface area contributed by atoms with Crippen LogP contribution in [-0.4, -0.2) is 17.6 Å². The Kier molecular flexibility index (Phi) is 7.22. The molecule has 0 rings (SSSR count). The van der Waals surface area contributed by atoms with E-state index in [-0.39, 0.29) is 23.9 Å². The molecule has 0 spiro atoms. The highest BCUT2D eigenvalue weighted by Gasteiger charge is 2.23. The summed E-state index contributed by atoms with van der Waals surface area (Å²) in [5, 5.41) is 0. The van der Waals surface area contributed by atoms with Crippen LogP contribution >= 0.6 is 0 Å². The molecule has 0 heterocycles. The van der Waals surface area contributed by atoms with Gasteiger partial charge >= 0.3 is 0 Å². The Bertz CT molecular complexity index is 214. The van der Waals surface area contributed by atoms with Gasteiger partial charge in [-0.25, -0.2) is 0 Å². The summed E-state index contributed by atoms with van der Waals surface area (Å²) in [7, 11) is 0. The smallest absolute Gasteiger partial charge is 0.157 e. The zero-order valence-electron chi connectivity index (χ0n) is 10.1. The van der Waals surface area contributed by atoms with E-state index in [0.29, 0.717) is 0 Å². The quantitative estimate of drug-likeness (QED) is 0.628. The Hall–Kier alpha value is -0.700. The maximum atomic E-state index is 11.6. The van der Waals surface area contributed by atoms with Crippen molar-refractivity contribution in [2.75, 3.05) is 0 Å². The summed E-state index contributed by atoms with van der Waals surface area (Å²) < 4.78 is 0. The Labute approximate surface area is 92.4 Å². The van der Waals surface area contributed by atoms with Gasteiger partial charge in [-0.05, 0) is 19.3 Å². The minimum Gasteiger partial charge on any atom is -0.321 e. The zero-order chi connectivity index (χ0) is 11.8. The lowest BCUT2D eigenvalue weighted by Crippen LogP contribution is -2.38. The fraction of sp³-hybridized carbons (Fsp3) is 0.833. The summed E-state index contributed by atoms with van der Waals surface area (Å²) in [5.74, 6) is 0.0306. The third kappa shape index (κ3) is 5.67. The number of unbranched alkanes of at least 4 members (excludes halogenated alkanes) is 1. The molecule has 0 fully saturated rings. The van der Waals surface area contributed by atoms with Gasteiger partial charge in [-0.15, -0.1) is 0 Å². The minimum absolute atomic E-state index is 0.0101. The lowest BCUT2D eigenvalue weighted by Gasteiger charge is -2.20. The highest BCUT2D eigenvalue weighted by molar-refractivity contribution is 6.00. The van der Waals surface area contributed by atoms with E-state index < -0.39 is 6.04 Å². The van der Waals surface area contributed by atoms with Crippen LogP contribution in [0.15, 0.2) is 0 Å². The van der Waals surface area contributed by atoms with Crippen molar-refractivity contribution in [1.29, 1.82) is 0 Å². The fourth-order valence-electron chi connectivity index (χ4n) is 1.73. The van der Waals surface area contributed by atoms with E-state index in [4.69, 9.17) is 5.73 Å². The molecule has 2 atom stereocenters. The molecule has 0 aliphatic rings. The molecule has 3 heteroatoms. The van der Waals surface area contributed by atoms with Crippen LogP contribution in [0.5, 0.6) is 0 Å². The van der Waals surface area contributed by atoms with Crippen molar-refractivity contribution in [2.24, 2.45) is 11.7 Å². The predicted octanol–water partition coefficient (Wildman–Crippen LogP) is 2.08. The van der Waals surface area contributed by atoms with Crippen LogP contribution in [0.4, 0.5) is 0 Å². The summed E-state index contributed by atoms with van der Waals surface area (Å²) in [6.45, 7) is 5.59. The Morgan fingerprint density at radius 1 is 1.27 bits per heavy atom. The molecule has 15 heavy (non-hydrogen) atoms. The average Bonchev–Trinajstić information content (AvgIpc) is 2.17. The van der Waals surface area contributed by atoms with Crippen molar-refractivity contribution in [2.45, 2.75) is 58.9 Å². The number of ketones is 2. The van der Waals surface area contributed by atoms with Crippen molar-refractivity contribution in [3.8, 4) is 0 Å². The molecule has 0 aromatic rings. The summed E-state index contributed by atoms with van der Waals surface area (Å²) >= 11 is 0. The van der Waals surface area contributed by atoms with Gasteiger partial charge < -0.3 is 5.73 Å². The number of rotatable bonds is 8. The standard InChI is InChI=1S/C12H23NO2/c1-4-6-7-10(5-2)12(13)11(15)8-9(3)14/h10,12H,4-8,13H2,1-3H3. The molecule has 0 aliphatic heterocycles. The van der Waals surface area contributed by atoms with Crippen molar-refractivity contribution in [3.05, 3.63) is 0 Å². The largest absolute Gasteiger partial charge is 0.321 e. The van der Waals surface area contributed by atoms with Crippen molar-refractivity contribution < 1.29 is 9.59 Å². The molecule has 0 radical (unpaired) electrons. The second-order valence-corrected chi connectivity index (χ2v) is 4.18. The second kappa shape index (κ2) is 7.57. The van der Waals surface area contributed by atoms with E-state index in [0.717, 1.165) is 25.7 Å². The highest BCUT2D eigenvalue weighted by atomic mass is 16.1. The number of carbonyl (C=O) groups excluding carboxylic acids is 2. The average molecular weight is 213 g/mol. The molecule has 2 N–H and O–H groups in total. The molecule has 0 amide bonds. The van der Waals surface area contributed by atoms with Gasteiger partial charge in [0.15, 0.2) is 5.78 Å². The summed E-state index contributed by atoms with van der Waals surface area (Å²) in [6, 6.07) is -0.453. The molecule has 0 aromatic heterocycles. The van der Waals surface area contributed by atoms with Gasteiger partial charge in [0.1, 0.15) is 5.78 Å². The molecule has 3 nitrogen and oxygen atoms in total. The maximum Gasteiger partial charge on any atom is 0.157 e. The van der Waals surface area contributed by atoms with Crippen LogP contribution in [0, 0.1) is 5.92 Å². The Morgan fingerprint density at radius 3 is 2.27 bits per heavy atom. The van der Waals surface area contributed by atoms with E-state index in [1.807, 2.05) is 6.92 Å². The summed E-state index contributed by atoms with van der Waals surface area (Å²) in [5.41, 5.74) is 5.86. The van der Waals surface area contributed by atoms with Crippen LogP contribution in [0.3, 0.4) is 0 Å². The first-order chi connectivity index (χ1) is 7.02. The van der Waals surface area contributed by atoms with Gasteiger partial charge in [0.2, 0.25) is 0 Å². The molecular weight excluding hydrogens is 190 g/mol. The van der Waals surface area contributed by atoms with Crippen LogP contribution in [0.1, 0.15) is 52.9 Å². The van der Waals surface area contributed by atoms with E-state index >= 15 is 0 Å². The van der Waals surface area contributed by atoms with Gasteiger partial charge in [0.25, 0.3) is 0 Å². The fourth-order valence-corrected chi connectivity index (χ4v) is 1.73. The molecule has 2 unspecified atom stereocenters. The van der Waals surface area contributed by atoms with E-state index in [1.54, 1.807) is 0 Å². The normalized spacial score (nSPS) is 14.7. The first kappa shape index (κ1) is 14.3. The molecule has 0 bridgehead atoms. The van der Waals surface area contributed by atoms with Crippen LogP contribution in [0.2, 0.25) is 0 Å². The van der Waals surface area contributed by atoms with Crippen LogP contribution in [-0.2, 0) is 9.59 Å². The van der Waals surface area contributed by atoms with Gasteiger partial charge in [-0.3, -0.25) is 9.59 Å². The van der Waals surface area contributed by atoms with Gasteiger partial charge in [0, 0.05) is 0 Å². The van der Waals surface area contributed by atoms with Crippen LogP contribution < -0.4 is 5.73 Å². The van der Waals surface area contributed by atoms with Crippen molar-refractivity contribution in [3.63, 3.8) is 0 Å². The number of carbonyl (C=O) groups is 2. The lowest BCUT2D eigenvalue weighted by atomic mass is 9.88. The Balaban J connectivity index is 4.17. The SMILES string of the molecule is CCCCC(CC)C(N)C(=O)CC(C)=O. The zero-order valence-corrected chi connectivity index (χ0v) is 10.1. The Morgan fingerprint density at radius 2 is 1.87 bits per heavy atom. The first-order valence-corrected chi connectivity index (χ1v) is 5.80. The molecule has 0 aromatic carbocycles.